The summed E-state index contributed by atoms with van der Waals surface area (Å²) < 4.78 is 0. The number of aliphatic imine (C=N–C) groups is 1. The molecular formula is C20H32ClIN4O. The van der Waals surface area contributed by atoms with Gasteiger partial charge in [0.05, 0.1) is 6.54 Å². The van der Waals surface area contributed by atoms with Crippen LogP contribution < -0.4 is 10.6 Å². The number of guanidine groups is 1. The van der Waals surface area contributed by atoms with Crippen molar-refractivity contribution in [2.24, 2.45) is 4.99 Å². The molecule has 1 fully saturated rings. The molecular weight excluding hydrogens is 475 g/mol. The fourth-order valence-corrected chi connectivity index (χ4v) is 3.23. The third-order valence-electron chi connectivity index (χ3n) is 4.65. The highest BCUT2D eigenvalue weighted by molar-refractivity contribution is 14.0. The topological polar surface area (TPSA) is 56.7 Å². The number of amides is 1. The normalized spacial score (nSPS) is 14.9. The van der Waals surface area contributed by atoms with E-state index in [1.165, 1.54) is 5.56 Å². The molecule has 2 rings (SSSR count). The Balaban J connectivity index is 0.00000364. The standard InChI is InChI=1S/C20H31ClN4O.HI/c1-4-22-19(23-11-7-13-25-12-6-10-18(25)26)24-15-20(2,3)16-8-5-9-17(21)14-16;/h5,8-9,14H,4,6-7,10-13,15H2,1-3H3,(H2,22,23,24);1H. The third kappa shape index (κ3) is 7.86. The lowest BCUT2D eigenvalue weighted by atomic mass is 9.85. The molecule has 0 atom stereocenters. The number of rotatable bonds is 8. The van der Waals surface area contributed by atoms with Gasteiger partial charge in [0.1, 0.15) is 0 Å². The summed E-state index contributed by atoms with van der Waals surface area (Å²) in [6.45, 7) is 10.4. The number of nitrogens with one attached hydrogen (secondary N) is 2. The van der Waals surface area contributed by atoms with Crippen LogP contribution in [0, 0.1) is 0 Å². The Morgan fingerprint density at radius 3 is 2.74 bits per heavy atom. The molecule has 5 nitrogen and oxygen atoms in total. The molecule has 1 aromatic rings. The maximum Gasteiger partial charge on any atom is 0.222 e. The molecule has 7 heteroatoms. The maximum absolute atomic E-state index is 11.6. The van der Waals surface area contributed by atoms with Crippen LogP contribution in [0.3, 0.4) is 0 Å². The van der Waals surface area contributed by atoms with Crippen LogP contribution in [0.25, 0.3) is 0 Å². The average Bonchev–Trinajstić information content (AvgIpc) is 3.01. The van der Waals surface area contributed by atoms with Crippen LogP contribution in [0.4, 0.5) is 0 Å². The first-order chi connectivity index (χ1) is 12.4. The Morgan fingerprint density at radius 2 is 2.11 bits per heavy atom. The lowest BCUT2D eigenvalue weighted by molar-refractivity contribution is -0.127. The number of halogens is 2. The summed E-state index contributed by atoms with van der Waals surface area (Å²) in [6.07, 6.45) is 2.62. The molecule has 27 heavy (non-hydrogen) atoms. The van der Waals surface area contributed by atoms with Crippen molar-refractivity contribution in [1.82, 2.24) is 15.5 Å². The van der Waals surface area contributed by atoms with Crippen molar-refractivity contribution in [3.63, 3.8) is 0 Å². The summed E-state index contributed by atoms with van der Waals surface area (Å²) in [7, 11) is 0. The summed E-state index contributed by atoms with van der Waals surface area (Å²) in [5.74, 6) is 1.10. The van der Waals surface area contributed by atoms with E-state index < -0.39 is 0 Å². The Kier molecular flexibility index (Phi) is 10.4. The predicted octanol–water partition coefficient (Wildman–Crippen LogP) is 3.80. The highest BCUT2D eigenvalue weighted by atomic mass is 127. The van der Waals surface area contributed by atoms with Gasteiger partial charge in [-0.3, -0.25) is 9.79 Å². The van der Waals surface area contributed by atoms with Gasteiger partial charge in [-0.2, -0.15) is 0 Å². The number of benzene rings is 1. The fraction of sp³-hybridized carbons (Fsp3) is 0.600. The van der Waals surface area contributed by atoms with Crippen molar-refractivity contribution < 1.29 is 4.79 Å². The third-order valence-corrected chi connectivity index (χ3v) is 4.89. The lowest BCUT2D eigenvalue weighted by Gasteiger charge is -2.24. The molecule has 1 saturated heterocycles. The summed E-state index contributed by atoms with van der Waals surface area (Å²) in [5.41, 5.74) is 1.08. The first-order valence-electron chi connectivity index (χ1n) is 9.48. The summed E-state index contributed by atoms with van der Waals surface area (Å²) in [6, 6.07) is 7.96. The van der Waals surface area contributed by atoms with E-state index >= 15 is 0 Å². The van der Waals surface area contributed by atoms with Crippen LogP contribution in [0.2, 0.25) is 5.02 Å². The molecule has 2 N–H and O–H groups in total. The van der Waals surface area contributed by atoms with Crippen molar-refractivity contribution in [2.45, 2.75) is 45.4 Å². The van der Waals surface area contributed by atoms with Gasteiger partial charge in [-0.15, -0.1) is 24.0 Å². The van der Waals surface area contributed by atoms with E-state index in [2.05, 4.69) is 37.5 Å². The predicted molar refractivity (Wildman–Crippen MR) is 124 cm³/mol. The fourth-order valence-electron chi connectivity index (χ4n) is 3.04. The van der Waals surface area contributed by atoms with Crippen LogP contribution >= 0.6 is 35.6 Å². The smallest absolute Gasteiger partial charge is 0.222 e. The van der Waals surface area contributed by atoms with Gasteiger partial charge in [-0.05, 0) is 37.5 Å². The van der Waals surface area contributed by atoms with Crippen molar-refractivity contribution >= 4 is 47.4 Å². The number of nitrogens with zero attached hydrogens (tertiary/aromatic N) is 2. The van der Waals surface area contributed by atoms with Crippen LogP contribution in [0.15, 0.2) is 29.3 Å². The molecule has 0 radical (unpaired) electrons. The van der Waals surface area contributed by atoms with Crippen LogP contribution in [-0.4, -0.2) is 49.5 Å². The molecule has 0 aliphatic carbocycles. The zero-order valence-corrected chi connectivity index (χ0v) is 19.6. The maximum atomic E-state index is 11.6. The van der Waals surface area contributed by atoms with E-state index in [0.29, 0.717) is 13.0 Å². The highest BCUT2D eigenvalue weighted by Gasteiger charge is 2.21. The molecule has 0 unspecified atom stereocenters. The van der Waals surface area contributed by atoms with E-state index in [9.17, 15) is 4.79 Å². The zero-order valence-electron chi connectivity index (χ0n) is 16.6. The summed E-state index contributed by atoms with van der Waals surface area (Å²) >= 11 is 6.12. The minimum absolute atomic E-state index is 0. The molecule has 0 saturated carbocycles. The molecule has 1 aliphatic heterocycles. The molecule has 1 aromatic carbocycles. The van der Waals surface area contributed by atoms with Gasteiger partial charge in [0.15, 0.2) is 5.96 Å². The molecule has 0 aromatic heterocycles. The minimum atomic E-state index is -0.102. The van der Waals surface area contributed by atoms with Gasteiger partial charge in [-0.1, -0.05) is 37.6 Å². The first kappa shape index (κ1) is 24.0. The Bertz CT molecular complexity index is 636. The number of carbonyl (C=O) groups is 1. The first-order valence-corrected chi connectivity index (χ1v) is 9.86. The summed E-state index contributed by atoms with van der Waals surface area (Å²) in [5, 5.41) is 7.41. The van der Waals surface area contributed by atoms with Crippen LogP contribution in [0.5, 0.6) is 0 Å². The van der Waals surface area contributed by atoms with Crippen molar-refractivity contribution in [1.29, 1.82) is 0 Å². The van der Waals surface area contributed by atoms with Crippen LogP contribution in [0.1, 0.15) is 45.6 Å². The highest BCUT2D eigenvalue weighted by Crippen LogP contribution is 2.25. The number of hydrogen-bond donors (Lipinski definition) is 2. The molecule has 152 valence electrons. The largest absolute Gasteiger partial charge is 0.357 e. The quantitative estimate of drug-likeness (QED) is 0.244. The average molecular weight is 507 g/mol. The van der Waals surface area contributed by atoms with Gasteiger partial charge in [0.25, 0.3) is 0 Å². The van der Waals surface area contributed by atoms with E-state index in [0.717, 1.165) is 50.0 Å². The van der Waals surface area contributed by atoms with Gasteiger partial charge in [0, 0.05) is 43.0 Å². The van der Waals surface area contributed by atoms with Gasteiger partial charge < -0.3 is 15.5 Å². The van der Waals surface area contributed by atoms with Crippen molar-refractivity contribution in [3.8, 4) is 0 Å². The second-order valence-electron chi connectivity index (χ2n) is 7.35. The molecule has 0 bridgehead atoms. The van der Waals surface area contributed by atoms with Gasteiger partial charge >= 0.3 is 0 Å². The zero-order chi connectivity index (χ0) is 19.0. The van der Waals surface area contributed by atoms with E-state index in [-0.39, 0.29) is 35.3 Å². The minimum Gasteiger partial charge on any atom is -0.357 e. The summed E-state index contributed by atoms with van der Waals surface area (Å²) in [4.78, 5) is 18.3. The second-order valence-corrected chi connectivity index (χ2v) is 7.79. The Hall–Kier alpha value is -1.02. The molecule has 0 spiro atoms. The Labute approximate surface area is 185 Å². The van der Waals surface area contributed by atoms with E-state index in [1.807, 2.05) is 23.1 Å². The lowest BCUT2D eigenvalue weighted by Crippen LogP contribution is -2.40. The number of carbonyl (C=O) groups excluding carboxylic acids is 1. The van der Waals surface area contributed by atoms with Crippen molar-refractivity contribution in [3.05, 3.63) is 34.9 Å². The second kappa shape index (κ2) is 11.7. The van der Waals surface area contributed by atoms with E-state index in [4.69, 9.17) is 16.6 Å². The Morgan fingerprint density at radius 1 is 1.33 bits per heavy atom. The number of likely N-dealkylation sites (tertiary alicyclic amines) is 1. The van der Waals surface area contributed by atoms with E-state index in [1.54, 1.807) is 0 Å². The monoisotopic (exact) mass is 506 g/mol. The number of hydrogen-bond acceptors (Lipinski definition) is 2. The van der Waals surface area contributed by atoms with Gasteiger partial charge in [-0.25, -0.2) is 0 Å². The molecule has 1 aliphatic rings. The molecule has 1 heterocycles. The molecule has 1 amide bonds. The van der Waals surface area contributed by atoms with Crippen LogP contribution in [-0.2, 0) is 10.2 Å². The van der Waals surface area contributed by atoms with Crippen molar-refractivity contribution in [2.75, 3.05) is 32.7 Å². The SMILES string of the molecule is CCNC(=NCC(C)(C)c1cccc(Cl)c1)NCCCN1CCCC1=O.I. The van der Waals surface area contributed by atoms with Gasteiger partial charge in [0.2, 0.25) is 5.91 Å².